The van der Waals surface area contributed by atoms with Crippen LogP contribution in [0.3, 0.4) is 0 Å². The van der Waals surface area contributed by atoms with Crippen molar-refractivity contribution < 1.29 is 0 Å². The number of nitrogens with zero attached hydrogens (tertiary/aromatic N) is 2. The molecule has 17 heavy (non-hydrogen) atoms. The second-order valence-corrected chi connectivity index (χ2v) is 4.15. The third-order valence-electron chi connectivity index (χ3n) is 2.28. The lowest BCUT2D eigenvalue weighted by Crippen LogP contribution is -2.20. The molecule has 0 bridgehead atoms. The van der Waals surface area contributed by atoms with Crippen LogP contribution in [0.5, 0.6) is 0 Å². The van der Waals surface area contributed by atoms with E-state index in [-0.39, 0.29) is 0 Å². The maximum absolute atomic E-state index is 5.22. The molecule has 0 saturated heterocycles. The molecule has 0 saturated carbocycles. The van der Waals surface area contributed by atoms with Gasteiger partial charge in [0.2, 0.25) is 0 Å². The molecule has 1 aromatic heterocycles. The van der Waals surface area contributed by atoms with Crippen LogP contribution in [0.1, 0.15) is 5.69 Å². The predicted octanol–water partition coefficient (Wildman–Crippen LogP) is 2.54. The van der Waals surface area contributed by atoms with Crippen molar-refractivity contribution in [2.75, 3.05) is 10.6 Å². The highest BCUT2D eigenvalue weighted by atomic mass is 32.1. The van der Waals surface area contributed by atoms with Crippen molar-refractivity contribution >= 4 is 28.8 Å². The van der Waals surface area contributed by atoms with Gasteiger partial charge in [0.25, 0.3) is 0 Å². The van der Waals surface area contributed by atoms with Gasteiger partial charge in [0, 0.05) is 18.8 Å². The van der Waals surface area contributed by atoms with Crippen molar-refractivity contribution in [1.29, 1.82) is 0 Å². The van der Waals surface area contributed by atoms with E-state index in [9.17, 15) is 0 Å². The van der Waals surface area contributed by atoms with E-state index in [1.54, 1.807) is 4.68 Å². The molecule has 0 aliphatic rings. The summed E-state index contributed by atoms with van der Waals surface area (Å²) in [6.45, 7) is 1.94. The molecular weight excluding hydrogens is 232 g/mol. The van der Waals surface area contributed by atoms with Gasteiger partial charge in [-0.25, -0.2) is 0 Å². The monoisotopic (exact) mass is 246 g/mol. The van der Waals surface area contributed by atoms with Crippen molar-refractivity contribution in [3.63, 3.8) is 0 Å². The van der Waals surface area contributed by atoms with Crippen LogP contribution >= 0.6 is 12.2 Å². The Morgan fingerprint density at radius 2 is 1.94 bits per heavy atom. The van der Waals surface area contributed by atoms with Crippen LogP contribution in [-0.2, 0) is 7.05 Å². The van der Waals surface area contributed by atoms with E-state index in [4.69, 9.17) is 12.2 Å². The quantitative estimate of drug-likeness (QED) is 0.799. The Kier molecular flexibility index (Phi) is 3.39. The van der Waals surface area contributed by atoms with Crippen LogP contribution in [0.15, 0.2) is 36.4 Å². The lowest BCUT2D eigenvalue weighted by atomic mass is 10.3. The number of hydrogen-bond donors (Lipinski definition) is 2. The van der Waals surface area contributed by atoms with Crippen molar-refractivity contribution in [2.45, 2.75) is 6.92 Å². The molecule has 1 aromatic carbocycles. The van der Waals surface area contributed by atoms with Crippen LogP contribution in [-0.4, -0.2) is 14.9 Å². The largest absolute Gasteiger partial charge is 0.332 e. The first-order valence-corrected chi connectivity index (χ1v) is 5.69. The first kappa shape index (κ1) is 11.6. The van der Waals surface area contributed by atoms with Crippen molar-refractivity contribution in [3.05, 3.63) is 42.1 Å². The van der Waals surface area contributed by atoms with E-state index in [2.05, 4.69) is 15.7 Å². The van der Waals surface area contributed by atoms with E-state index < -0.39 is 0 Å². The number of rotatable bonds is 2. The van der Waals surface area contributed by atoms with Crippen LogP contribution < -0.4 is 10.6 Å². The smallest absolute Gasteiger partial charge is 0.176 e. The topological polar surface area (TPSA) is 41.9 Å². The van der Waals surface area contributed by atoms with Gasteiger partial charge in [0.15, 0.2) is 5.11 Å². The predicted molar refractivity (Wildman–Crippen MR) is 74.2 cm³/mol. The van der Waals surface area contributed by atoms with Gasteiger partial charge in [-0.2, -0.15) is 5.10 Å². The number of thiocarbonyl (C=S) groups is 1. The molecule has 0 atom stereocenters. The SMILES string of the molecule is Cc1cc(NC(=S)Nc2ccccc2)n(C)n1. The van der Waals surface area contributed by atoms with Gasteiger partial charge in [0.05, 0.1) is 5.69 Å². The maximum atomic E-state index is 5.22. The fourth-order valence-corrected chi connectivity index (χ4v) is 1.75. The summed E-state index contributed by atoms with van der Waals surface area (Å²) < 4.78 is 1.76. The molecule has 0 aliphatic carbocycles. The molecule has 0 aliphatic heterocycles. The van der Waals surface area contributed by atoms with Gasteiger partial charge in [-0.3, -0.25) is 4.68 Å². The second-order valence-electron chi connectivity index (χ2n) is 3.74. The number of benzene rings is 1. The molecule has 2 aromatic rings. The molecule has 0 unspecified atom stereocenters. The normalized spacial score (nSPS) is 10.0. The minimum atomic E-state index is 0.555. The number of aromatic nitrogens is 2. The molecule has 88 valence electrons. The summed E-state index contributed by atoms with van der Waals surface area (Å²) in [6.07, 6.45) is 0. The zero-order valence-electron chi connectivity index (χ0n) is 9.77. The molecule has 4 nitrogen and oxygen atoms in total. The molecule has 0 radical (unpaired) electrons. The van der Waals surface area contributed by atoms with Gasteiger partial charge < -0.3 is 10.6 Å². The Balaban J connectivity index is 2.01. The highest BCUT2D eigenvalue weighted by Crippen LogP contribution is 2.10. The average Bonchev–Trinajstić information content (AvgIpc) is 2.58. The van der Waals surface area contributed by atoms with Gasteiger partial charge in [-0.05, 0) is 31.3 Å². The standard InChI is InChI=1S/C12H14N4S/c1-9-8-11(16(2)15-9)14-12(17)13-10-6-4-3-5-7-10/h3-8H,1-2H3,(H2,13,14,17). The summed E-state index contributed by atoms with van der Waals surface area (Å²) in [5, 5.41) is 11.0. The highest BCUT2D eigenvalue weighted by molar-refractivity contribution is 7.80. The Labute approximate surface area is 106 Å². The van der Waals surface area contributed by atoms with E-state index in [0.717, 1.165) is 17.2 Å². The number of para-hydroxylation sites is 1. The maximum Gasteiger partial charge on any atom is 0.176 e. The summed E-state index contributed by atoms with van der Waals surface area (Å²) in [5.41, 5.74) is 1.92. The lowest BCUT2D eigenvalue weighted by molar-refractivity contribution is 0.766. The van der Waals surface area contributed by atoms with E-state index >= 15 is 0 Å². The number of nitrogens with one attached hydrogen (secondary N) is 2. The van der Waals surface area contributed by atoms with Crippen molar-refractivity contribution in [3.8, 4) is 0 Å². The Morgan fingerprint density at radius 1 is 1.24 bits per heavy atom. The van der Waals surface area contributed by atoms with Gasteiger partial charge >= 0.3 is 0 Å². The minimum Gasteiger partial charge on any atom is -0.332 e. The Hall–Kier alpha value is -1.88. The van der Waals surface area contributed by atoms with Gasteiger partial charge in [-0.15, -0.1) is 0 Å². The molecule has 0 spiro atoms. The fraction of sp³-hybridized carbons (Fsp3) is 0.167. The Bertz CT molecular complexity index is 519. The fourth-order valence-electron chi connectivity index (χ4n) is 1.53. The van der Waals surface area contributed by atoms with Crippen LogP contribution in [0.4, 0.5) is 11.5 Å². The summed E-state index contributed by atoms with van der Waals surface area (Å²) >= 11 is 5.22. The number of hydrogen-bond acceptors (Lipinski definition) is 2. The molecule has 2 N–H and O–H groups in total. The van der Waals surface area contributed by atoms with Crippen LogP contribution in [0, 0.1) is 6.92 Å². The first-order chi connectivity index (χ1) is 8.15. The summed E-state index contributed by atoms with van der Waals surface area (Å²) in [7, 11) is 1.88. The minimum absolute atomic E-state index is 0.555. The first-order valence-electron chi connectivity index (χ1n) is 5.29. The lowest BCUT2D eigenvalue weighted by Gasteiger charge is -2.09. The van der Waals surface area contributed by atoms with Crippen molar-refractivity contribution in [2.24, 2.45) is 7.05 Å². The van der Waals surface area contributed by atoms with E-state index in [1.165, 1.54) is 0 Å². The van der Waals surface area contributed by atoms with E-state index in [0.29, 0.717) is 5.11 Å². The van der Waals surface area contributed by atoms with Crippen LogP contribution in [0.25, 0.3) is 0 Å². The average molecular weight is 246 g/mol. The summed E-state index contributed by atoms with van der Waals surface area (Å²) in [5.74, 6) is 0.871. The second kappa shape index (κ2) is 4.97. The molecular formula is C12H14N4S. The van der Waals surface area contributed by atoms with Gasteiger partial charge in [-0.1, -0.05) is 18.2 Å². The number of anilines is 2. The molecule has 5 heteroatoms. The zero-order chi connectivity index (χ0) is 12.3. The highest BCUT2D eigenvalue weighted by Gasteiger charge is 2.03. The molecule has 2 rings (SSSR count). The Morgan fingerprint density at radius 3 is 2.53 bits per heavy atom. The zero-order valence-corrected chi connectivity index (χ0v) is 10.6. The number of aryl methyl sites for hydroxylation is 2. The van der Waals surface area contributed by atoms with Crippen LogP contribution in [0.2, 0.25) is 0 Å². The molecule has 1 heterocycles. The van der Waals surface area contributed by atoms with Crippen molar-refractivity contribution in [1.82, 2.24) is 9.78 Å². The van der Waals surface area contributed by atoms with Gasteiger partial charge in [0.1, 0.15) is 5.82 Å². The summed E-state index contributed by atoms with van der Waals surface area (Å²) in [6, 6.07) is 11.7. The van der Waals surface area contributed by atoms with E-state index in [1.807, 2.05) is 50.4 Å². The third-order valence-corrected chi connectivity index (χ3v) is 2.48. The molecule has 0 fully saturated rings. The molecule has 0 amide bonds. The third kappa shape index (κ3) is 3.04. The summed E-state index contributed by atoms with van der Waals surface area (Å²) in [4.78, 5) is 0.